The molecule has 1 aromatic heterocycles. The molecule has 2 aromatic carbocycles. The van der Waals surface area contributed by atoms with E-state index in [9.17, 15) is 14.0 Å². The Labute approximate surface area is 177 Å². The first-order valence-corrected chi connectivity index (χ1v) is 10.1. The molecule has 9 heteroatoms. The van der Waals surface area contributed by atoms with Crippen molar-refractivity contribution in [2.24, 2.45) is 5.92 Å². The van der Waals surface area contributed by atoms with Gasteiger partial charge in [0, 0.05) is 19.5 Å². The number of amides is 2. The number of H-pyrrole nitrogens is 1. The number of para-hydroxylation sites is 2. The highest BCUT2D eigenvalue weighted by atomic mass is 35.5. The van der Waals surface area contributed by atoms with Crippen LogP contribution >= 0.6 is 11.6 Å². The number of halogens is 2. The highest BCUT2D eigenvalue weighted by molar-refractivity contribution is 6.33. The second kappa shape index (κ2) is 8.71. The van der Waals surface area contributed by atoms with Crippen molar-refractivity contribution in [3.63, 3.8) is 0 Å². The number of urea groups is 1. The molecule has 4 rings (SSSR count). The molecule has 2 amide bonds. The molecule has 1 saturated heterocycles. The van der Waals surface area contributed by atoms with Gasteiger partial charge in [0.2, 0.25) is 0 Å². The van der Waals surface area contributed by atoms with Gasteiger partial charge in [-0.15, -0.1) is 0 Å². The smallest absolute Gasteiger partial charge is 0.324 e. The van der Waals surface area contributed by atoms with Gasteiger partial charge in [-0.05, 0) is 43.0 Å². The van der Waals surface area contributed by atoms with Crippen LogP contribution < -0.4 is 11.0 Å². The Hall–Kier alpha value is -3.13. The molecule has 1 fully saturated rings. The van der Waals surface area contributed by atoms with E-state index in [-0.39, 0.29) is 17.6 Å². The minimum absolute atomic E-state index is 0.0940. The number of carbonyl (C=O) groups excluding carboxylic acids is 1. The normalized spacial score (nSPS) is 16.5. The summed E-state index contributed by atoms with van der Waals surface area (Å²) < 4.78 is 15.5. The fourth-order valence-electron chi connectivity index (χ4n) is 3.78. The minimum atomic E-state index is -0.494. The highest BCUT2D eigenvalue weighted by Gasteiger charge is 2.26. The lowest BCUT2D eigenvalue weighted by Gasteiger charge is -2.32. The molecule has 1 aliphatic heterocycles. The van der Waals surface area contributed by atoms with Crippen LogP contribution in [0.15, 0.2) is 53.3 Å². The molecule has 0 bridgehead atoms. The van der Waals surface area contributed by atoms with Crippen LogP contribution in [0.3, 0.4) is 0 Å². The maximum atomic E-state index is 14.2. The van der Waals surface area contributed by atoms with Gasteiger partial charge in [-0.3, -0.25) is 0 Å². The number of hydrogen-bond acceptors (Lipinski definition) is 3. The molecule has 0 spiro atoms. The number of likely N-dealkylation sites (tertiary alicyclic amines) is 1. The molecule has 0 saturated carbocycles. The lowest BCUT2D eigenvalue weighted by Crippen LogP contribution is -2.43. The van der Waals surface area contributed by atoms with Gasteiger partial charge in [0.05, 0.1) is 16.4 Å². The van der Waals surface area contributed by atoms with Crippen molar-refractivity contribution in [1.29, 1.82) is 0 Å². The van der Waals surface area contributed by atoms with Gasteiger partial charge in [0.1, 0.15) is 11.6 Å². The van der Waals surface area contributed by atoms with E-state index in [4.69, 9.17) is 11.6 Å². The van der Waals surface area contributed by atoms with Crippen LogP contribution in [0.4, 0.5) is 14.9 Å². The summed E-state index contributed by atoms with van der Waals surface area (Å²) >= 11 is 6.13. The van der Waals surface area contributed by atoms with Gasteiger partial charge < -0.3 is 10.2 Å². The second-order valence-electron chi connectivity index (χ2n) is 7.30. The zero-order chi connectivity index (χ0) is 21.1. The SMILES string of the molecule is O=C(Nc1ccccc1Cl)N1CCC[C@H](Cc2n[nH]c(=O)n2-c2ccccc2F)C1. The summed E-state index contributed by atoms with van der Waals surface area (Å²) in [6, 6.07) is 12.9. The van der Waals surface area contributed by atoms with E-state index in [0.29, 0.717) is 36.0 Å². The lowest BCUT2D eigenvalue weighted by molar-refractivity contribution is 0.176. The first kappa shape index (κ1) is 20.2. The van der Waals surface area contributed by atoms with E-state index in [1.54, 1.807) is 47.4 Å². The number of hydrogen-bond donors (Lipinski definition) is 2. The number of nitrogens with one attached hydrogen (secondary N) is 2. The third kappa shape index (κ3) is 4.23. The summed E-state index contributed by atoms with van der Waals surface area (Å²) in [4.78, 5) is 26.6. The predicted molar refractivity (Wildman–Crippen MR) is 113 cm³/mol. The summed E-state index contributed by atoms with van der Waals surface area (Å²) in [6.07, 6.45) is 2.16. The van der Waals surface area contributed by atoms with Crippen molar-refractivity contribution in [3.05, 3.63) is 75.7 Å². The van der Waals surface area contributed by atoms with Gasteiger partial charge in [-0.2, -0.15) is 5.10 Å². The summed E-state index contributed by atoms with van der Waals surface area (Å²) in [5.74, 6) is 0.0477. The van der Waals surface area contributed by atoms with Crippen LogP contribution in [0.1, 0.15) is 18.7 Å². The number of aromatic amines is 1. The molecule has 2 N–H and O–H groups in total. The van der Waals surface area contributed by atoms with Crippen LogP contribution in [0.2, 0.25) is 5.02 Å². The van der Waals surface area contributed by atoms with Crippen molar-refractivity contribution in [3.8, 4) is 5.69 Å². The molecule has 3 aromatic rings. The van der Waals surface area contributed by atoms with E-state index < -0.39 is 11.5 Å². The van der Waals surface area contributed by atoms with Crippen molar-refractivity contribution in [1.82, 2.24) is 19.7 Å². The van der Waals surface area contributed by atoms with Crippen LogP contribution in [0.5, 0.6) is 0 Å². The number of anilines is 1. The van der Waals surface area contributed by atoms with Gasteiger partial charge in [0.25, 0.3) is 0 Å². The number of nitrogens with zero attached hydrogens (tertiary/aromatic N) is 3. The Balaban J connectivity index is 1.48. The molecule has 2 heterocycles. The van der Waals surface area contributed by atoms with Gasteiger partial charge in [-0.1, -0.05) is 35.9 Å². The van der Waals surface area contributed by atoms with Crippen molar-refractivity contribution >= 4 is 23.3 Å². The number of piperidine rings is 1. The summed E-state index contributed by atoms with van der Waals surface area (Å²) in [5, 5.41) is 9.83. The maximum Gasteiger partial charge on any atom is 0.348 e. The summed E-state index contributed by atoms with van der Waals surface area (Å²) in [5.41, 5.74) is 0.238. The largest absolute Gasteiger partial charge is 0.348 e. The lowest BCUT2D eigenvalue weighted by atomic mass is 9.94. The molecule has 1 atom stereocenters. The zero-order valence-corrected chi connectivity index (χ0v) is 16.9. The van der Waals surface area contributed by atoms with E-state index in [2.05, 4.69) is 15.5 Å². The Morgan fingerprint density at radius 2 is 2.00 bits per heavy atom. The van der Waals surface area contributed by atoms with E-state index in [0.717, 1.165) is 12.8 Å². The van der Waals surface area contributed by atoms with E-state index >= 15 is 0 Å². The third-order valence-electron chi connectivity index (χ3n) is 5.23. The van der Waals surface area contributed by atoms with Crippen molar-refractivity contribution in [2.75, 3.05) is 18.4 Å². The topological polar surface area (TPSA) is 83.0 Å². The van der Waals surface area contributed by atoms with Crippen molar-refractivity contribution in [2.45, 2.75) is 19.3 Å². The minimum Gasteiger partial charge on any atom is -0.324 e. The first-order valence-electron chi connectivity index (χ1n) is 9.74. The van der Waals surface area contributed by atoms with Crippen molar-refractivity contribution < 1.29 is 9.18 Å². The van der Waals surface area contributed by atoms with Crippen LogP contribution in [-0.2, 0) is 6.42 Å². The Kier molecular flexibility index (Phi) is 5.85. The Bertz CT molecular complexity index is 1110. The summed E-state index contributed by atoms with van der Waals surface area (Å²) in [6.45, 7) is 1.14. The van der Waals surface area contributed by atoms with Crippen LogP contribution in [0, 0.1) is 11.7 Å². The number of benzene rings is 2. The molecule has 0 unspecified atom stereocenters. The standard InChI is InChI=1S/C21H21ClFN5O2/c22-15-7-1-3-9-17(15)24-20(29)27-11-5-6-14(13-27)12-19-25-26-21(30)28(19)18-10-4-2-8-16(18)23/h1-4,7-10,14H,5-6,11-13H2,(H,24,29)(H,26,30)/t14-/m1/s1. The average molecular weight is 430 g/mol. The van der Waals surface area contributed by atoms with Gasteiger partial charge >= 0.3 is 11.7 Å². The predicted octanol–water partition coefficient (Wildman–Crippen LogP) is 3.84. The van der Waals surface area contributed by atoms with Gasteiger partial charge in [-0.25, -0.2) is 23.6 Å². The second-order valence-corrected chi connectivity index (χ2v) is 7.71. The monoisotopic (exact) mass is 429 g/mol. The van der Waals surface area contributed by atoms with Crippen LogP contribution in [-0.4, -0.2) is 38.8 Å². The van der Waals surface area contributed by atoms with Crippen LogP contribution in [0.25, 0.3) is 5.69 Å². The Morgan fingerprint density at radius 1 is 1.23 bits per heavy atom. The molecular weight excluding hydrogens is 409 g/mol. The molecular formula is C21H21ClFN5O2. The number of aromatic nitrogens is 3. The fourth-order valence-corrected chi connectivity index (χ4v) is 3.96. The molecule has 30 heavy (non-hydrogen) atoms. The summed E-state index contributed by atoms with van der Waals surface area (Å²) in [7, 11) is 0. The van der Waals surface area contributed by atoms with E-state index in [1.807, 2.05) is 0 Å². The molecule has 0 aliphatic carbocycles. The fraction of sp³-hybridized carbons (Fsp3) is 0.286. The molecule has 7 nitrogen and oxygen atoms in total. The molecule has 156 valence electrons. The first-order chi connectivity index (χ1) is 14.5. The third-order valence-corrected chi connectivity index (χ3v) is 5.56. The molecule has 1 aliphatic rings. The average Bonchev–Trinajstić information content (AvgIpc) is 3.10. The Morgan fingerprint density at radius 3 is 2.80 bits per heavy atom. The molecule has 0 radical (unpaired) electrons. The number of carbonyl (C=O) groups is 1. The van der Waals surface area contributed by atoms with Gasteiger partial charge in [0.15, 0.2) is 0 Å². The number of rotatable bonds is 4. The highest BCUT2D eigenvalue weighted by Crippen LogP contribution is 2.24. The maximum absolute atomic E-state index is 14.2. The zero-order valence-electron chi connectivity index (χ0n) is 16.1. The quantitative estimate of drug-likeness (QED) is 0.661. The van der Waals surface area contributed by atoms with E-state index in [1.165, 1.54) is 10.6 Å².